The van der Waals surface area contributed by atoms with Crippen LogP contribution >= 0.6 is 0 Å². The largest absolute Gasteiger partial charge is 0.522 e. The molecule has 0 aromatic carbocycles. The summed E-state index contributed by atoms with van der Waals surface area (Å²) in [6.45, 7) is 0. The van der Waals surface area contributed by atoms with Crippen LogP contribution in [0.25, 0.3) is 0 Å². The molecule has 0 heterocycles. The van der Waals surface area contributed by atoms with Crippen molar-refractivity contribution >= 4 is 20.1 Å². The molecule has 3 N–H and O–H groups in total. The number of primary sulfonamides is 1. The zero-order valence-corrected chi connectivity index (χ0v) is 12.1. The molecule has 0 aliphatic heterocycles. The normalized spacial score (nSPS) is 15.4. The van der Waals surface area contributed by atoms with E-state index in [0.717, 1.165) is 0 Å². The second kappa shape index (κ2) is 6.61. The summed E-state index contributed by atoms with van der Waals surface area (Å²) >= 11 is 0. The first-order valence-electron chi connectivity index (χ1n) is 4.51. The van der Waals surface area contributed by atoms with Gasteiger partial charge >= 0.3 is 38.9 Å². The van der Waals surface area contributed by atoms with Crippen molar-refractivity contribution in [2.24, 2.45) is 5.14 Å². The summed E-state index contributed by atoms with van der Waals surface area (Å²) < 4.78 is 185. The average Bonchev–Trinajstić information content (AvgIpc) is 2.23. The van der Waals surface area contributed by atoms with Crippen LogP contribution in [0.2, 0.25) is 0 Å². The Kier molecular flexibility index (Phi) is 6.93. The van der Waals surface area contributed by atoms with Gasteiger partial charge in [0.05, 0.1) is 0 Å². The number of alkyl halides is 12. The van der Waals surface area contributed by atoms with Gasteiger partial charge in [0.25, 0.3) is 10.0 Å². The number of nitrogens with two attached hydrogens (primary N) is 1. The SMILES string of the molecule is NS(=O)(=O)C(F)(F)C(F)(F)C(F)(F)C(F)(F)F.O=S(=O)(O)C(F)(F)F. The molecule has 0 atom stereocenters. The van der Waals surface area contributed by atoms with Gasteiger partial charge in [0, 0.05) is 0 Å². The molecule has 0 spiro atoms. The summed E-state index contributed by atoms with van der Waals surface area (Å²) in [4.78, 5) is 0. The highest BCUT2D eigenvalue weighted by molar-refractivity contribution is 7.90. The van der Waals surface area contributed by atoms with Crippen molar-refractivity contribution in [1.82, 2.24) is 0 Å². The van der Waals surface area contributed by atoms with Crippen molar-refractivity contribution in [1.29, 1.82) is 0 Å². The molecule has 0 radical (unpaired) electrons. The third-order valence-corrected chi connectivity index (χ3v) is 3.32. The number of sulfonamides is 1. The molecule has 0 fully saturated rings. The van der Waals surface area contributed by atoms with Crippen LogP contribution in [0.15, 0.2) is 0 Å². The summed E-state index contributed by atoms with van der Waals surface area (Å²) in [5.41, 5.74) is -5.53. The van der Waals surface area contributed by atoms with E-state index in [-0.39, 0.29) is 0 Å². The van der Waals surface area contributed by atoms with Gasteiger partial charge < -0.3 is 0 Å². The maximum absolute atomic E-state index is 12.3. The van der Waals surface area contributed by atoms with Gasteiger partial charge in [-0.3, -0.25) is 4.55 Å². The summed E-state index contributed by atoms with van der Waals surface area (Å²) in [5.74, 6) is -14.5. The minimum atomic E-state index is -7.27. The van der Waals surface area contributed by atoms with E-state index in [1.807, 2.05) is 0 Å². The van der Waals surface area contributed by atoms with Gasteiger partial charge in [-0.15, -0.1) is 0 Å². The van der Waals surface area contributed by atoms with E-state index >= 15 is 0 Å². The summed E-state index contributed by atoms with van der Waals surface area (Å²) in [5, 5.41) is -3.30. The van der Waals surface area contributed by atoms with Crippen molar-refractivity contribution < 1.29 is 74.1 Å². The molecule has 0 bridgehead atoms. The van der Waals surface area contributed by atoms with Gasteiger partial charge in [0.1, 0.15) is 0 Å². The maximum Gasteiger partial charge on any atom is 0.522 e. The molecular weight excluding hydrogens is 446 g/mol. The minimum absolute atomic E-state index is 3.48. The first-order chi connectivity index (χ1) is 10.2. The lowest BCUT2D eigenvalue weighted by Gasteiger charge is -2.32. The van der Waals surface area contributed by atoms with Gasteiger partial charge in [-0.1, -0.05) is 0 Å². The first kappa shape index (κ1) is 26.2. The Morgan fingerprint density at radius 2 is 0.880 bits per heavy atom. The Labute approximate surface area is 129 Å². The topological polar surface area (TPSA) is 115 Å². The first-order valence-corrected chi connectivity index (χ1v) is 7.50. The molecule has 0 aliphatic rings. The quantitative estimate of drug-likeness (QED) is 0.389. The van der Waals surface area contributed by atoms with Crippen molar-refractivity contribution in [3.05, 3.63) is 0 Å². The highest BCUT2D eigenvalue weighted by Crippen LogP contribution is 2.54. The van der Waals surface area contributed by atoms with E-state index in [4.69, 9.17) is 13.0 Å². The van der Waals surface area contributed by atoms with E-state index in [1.54, 1.807) is 0 Å². The molecule has 25 heavy (non-hydrogen) atoms. The Morgan fingerprint density at radius 3 is 1.00 bits per heavy atom. The monoisotopic (exact) mass is 449 g/mol. The van der Waals surface area contributed by atoms with Crippen LogP contribution in [-0.4, -0.2) is 50.2 Å². The minimum Gasteiger partial charge on any atom is -0.279 e. The molecular formula is C5H3F12NO5S2. The number of hydrogen-bond acceptors (Lipinski definition) is 4. The molecule has 154 valence electrons. The van der Waals surface area contributed by atoms with Crippen LogP contribution in [0.5, 0.6) is 0 Å². The third-order valence-electron chi connectivity index (χ3n) is 1.77. The fraction of sp³-hybridized carbons (Fsp3) is 1.00. The van der Waals surface area contributed by atoms with E-state index in [2.05, 4.69) is 5.14 Å². The summed E-state index contributed by atoms with van der Waals surface area (Å²) in [6, 6.07) is 0. The lowest BCUT2D eigenvalue weighted by atomic mass is 10.1. The van der Waals surface area contributed by atoms with E-state index in [0.29, 0.717) is 0 Å². The van der Waals surface area contributed by atoms with Crippen molar-refractivity contribution in [2.45, 2.75) is 28.8 Å². The number of halogens is 12. The zero-order valence-electron chi connectivity index (χ0n) is 10.5. The van der Waals surface area contributed by atoms with Gasteiger partial charge in [0.15, 0.2) is 0 Å². The highest BCUT2D eigenvalue weighted by atomic mass is 32.2. The van der Waals surface area contributed by atoms with E-state index in [1.165, 1.54) is 0 Å². The van der Waals surface area contributed by atoms with E-state index < -0.39 is 48.9 Å². The van der Waals surface area contributed by atoms with Crippen LogP contribution in [0.4, 0.5) is 52.7 Å². The molecule has 0 saturated heterocycles. The van der Waals surface area contributed by atoms with Gasteiger partial charge in [0.2, 0.25) is 0 Å². The number of hydrogen-bond donors (Lipinski definition) is 2. The molecule has 0 aromatic rings. The second-order valence-electron chi connectivity index (χ2n) is 3.63. The number of rotatable bonds is 3. The second-order valence-corrected chi connectivity index (χ2v) is 6.64. The predicted molar refractivity (Wildman–Crippen MR) is 51.6 cm³/mol. The van der Waals surface area contributed by atoms with Crippen LogP contribution in [-0.2, 0) is 20.1 Å². The lowest BCUT2D eigenvalue weighted by molar-refractivity contribution is -0.382. The molecule has 0 unspecified atom stereocenters. The van der Waals surface area contributed by atoms with Crippen molar-refractivity contribution in [3.8, 4) is 0 Å². The molecule has 0 saturated carbocycles. The van der Waals surface area contributed by atoms with Crippen molar-refractivity contribution in [3.63, 3.8) is 0 Å². The average molecular weight is 449 g/mol. The highest BCUT2D eigenvalue weighted by Gasteiger charge is 2.85. The van der Waals surface area contributed by atoms with Crippen LogP contribution in [0, 0.1) is 0 Å². The van der Waals surface area contributed by atoms with Crippen molar-refractivity contribution in [2.75, 3.05) is 0 Å². The summed E-state index contributed by atoms with van der Waals surface area (Å²) in [7, 11) is -12.5. The third kappa shape index (κ3) is 5.23. The summed E-state index contributed by atoms with van der Waals surface area (Å²) in [6.07, 6.45) is -7.08. The maximum atomic E-state index is 12.3. The van der Waals surface area contributed by atoms with Crippen LogP contribution in [0.1, 0.15) is 0 Å². The molecule has 0 amide bonds. The zero-order chi connectivity index (χ0) is 21.5. The van der Waals surface area contributed by atoms with Crippen LogP contribution in [0.3, 0.4) is 0 Å². The van der Waals surface area contributed by atoms with Gasteiger partial charge in [-0.2, -0.15) is 61.1 Å². The molecule has 20 heteroatoms. The van der Waals surface area contributed by atoms with Crippen LogP contribution < -0.4 is 5.14 Å². The fourth-order valence-electron chi connectivity index (χ4n) is 0.539. The Balaban J connectivity index is 0. The Morgan fingerprint density at radius 1 is 0.640 bits per heavy atom. The molecule has 0 aliphatic carbocycles. The lowest BCUT2D eigenvalue weighted by Crippen LogP contribution is -2.64. The fourth-order valence-corrected chi connectivity index (χ4v) is 1.02. The van der Waals surface area contributed by atoms with Gasteiger partial charge in [-0.25, -0.2) is 13.6 Å². The Hall–Kier alpha value is -1.02. The predicted octanol–water partition coefficient (Wildman–Crippen LogP) is 2.09. The molecule has 0 aromatic heterocycles. The molecule has 6 nitrogen and oxygen atoms in total. The molecule has 0 rings (SSSR count). The Bertz CT molecular complexity index is 674. The smallest absolute Gasteiger partial charge is 0.279 e. The standard InChI is InChI=1S/C4H2F9NO2S.CHF3O3S/c5-1(6,3(9,10)11)2(7,8)4(12,13)17(14,15)16;2-1(3,4)8(5,6)7/h(H2,14,15,16);(H,5,6,7). The van der Waals surface area contributed by atoms with Gasteiger partial charge in [-0.05, 0) is 0 Å². The van der Waals surface area contributed by atoms with E-state index in [9.17, 15) is 61.1 Å².